The summed E-state index contributed by atoms with van der Waals surface area (Å²) in [6.07, 6.45) is 5.41. The number of sulfonamides is 1. The van der Waals surface area contributed by atoms with Crippen molar-refractivity contribution in [2.24, 2.45) is 5.10 Å². The Labute approximate surface area is 200 Å². The molecular weight excluding hydrogens is 456 g/mol. The van der Waals surface area contributed by atoms with Gasteiger partial charge in [-0.05, 0) is 50.8 Å². The highest BCUT2D eigenvalue weighted by atomic mass is 32.2. The molecule has 1 aliphatic carbocycles. The second-order valence-electron chi connectivity index (χ2n) is 8.68. The van der Waals surface area contributed by atoms with E-state index in [-0.39, 0.29) is 28.7 Å². The summed E-state index contributed by atoms with van der Waals surface area (Å²) in [4.78, 5) is 23.6. The maximum atomic E-state index is 13.8. The Hall–Kier alpha value is -3.11. The SMILES string of the molecule is Cc1cc(C)c(S(=O)(=O)N(CC(=O)NN=Cc2ccccc2[N+](=O)[O-])C2CCCCC2)c(C)c1. The third-order valence-corrected chi connectivity index (χ3v) is 8.18. The molecule has 1 fully saturated rings. The van der Waals surface area contributed by atoms with Gasteiger partial charge in [-0.3, -0.25) is 14.9 Å². The molecule has 0 heterocycles. The average Bonchev–Trinajstić information content (AvgIpc) is 2.77. The summed E-state index contributed by atoms with van der Waals surface area (Å²) in [5.41, 5.74) is 4.69. The van der Waals surface area contributed by atoms with Crippen LogP contribution in [0.4, 0.5) is 5.69 Å². The van der Waals surface area contributed by atoms with Gasteiger partial charge in [-0.15, -0.1) is 0 Å². The molecule has 0 bridgehead atoms. The maximum absolute atomic E-state index is 13.8. The lowest BCUT2D eigenvalue weighted by Gasteiger charge is -2.33. The van der Waals surface area contributed by atoms with Gasteiger partial charge in [0.2, 0.25) is 10.0 Å². The fourth-order valence-corrected chi connectivity index (χ4v) is 6.64. The van der Waals surface area contributed by atoms with Gasteiger partial charge in [0.25, 0.3) is 11.6 Å². The first kappa shape index (κ1) is 25.5. The van der Waals surface area contributed by atoms with Crippen molar-refractivity contribution < 1.29 is 18.1 Å². The smallest absolute Gasteiger partial charge is 0.272 e. The van der Waals surface area contributed by atoms with Crippen LogP contribution in [0.2, 0.25) is 0 Å². The molecule has 0 radical (unpaired) electrons. The van der Waals surface area contributed by atoms with E-state index in [1.54, 1.807) is 19.9 Å². The number of nitro benzene ring substituents is 1. The van der Waals surface area contributed by atoms with Crippen LogP contribution in [0.15, 0.2) is 46.4 Å². The van der Waals surface area contributed by atoms with E-state index in [1.807, 2.05) is 19.1 Å². The first-order chi connectivity index (χ1) is 16.1. The predicted molar refractivity (Wildman–Crippen MR) is 130 cm³/mol. The third-order valence-electron chi connectivity index (χ3n) is 5.98. The molecular formula is C24H30N4O5S. The Morgan fingerprint density at radius 1 is 1.15 bits per heavy atom. The summed E-state index contributed by atoms with van der Waals surface area (Å²) in [5, 5.41) is 15.0. The molecule has 2 aromatic rings. The number of nitrogens with zero attached hydrogens (tertiary/aromatic N) is 3. The van der Waals surface area contributed by atoms with Crippen LogP contribution in [0.25, 0.3) is 0 Å². The standard InChI is InChI=1S/C24H30N4O5S/c1-17-13-18(2)24(19(3)14-17)34(32,33)27(21-10-5-4-6-11-21)16-23(29)26-25-15-20-9-7-8-12-22(20)28(30)31/h7-9,12-15,21H,4-6,10-11,16H2,1-3H3,(H,26,29). The van der Waals surface area contributed by atoms with Crippen LogP contribution in [0.5, 0.6) is 0 Å². The highest BCUT2D eigenvalue weighted by Gasteiger charge is 2.35. The quantitative estimate of drug-likeness (QED) is 0.343. The van der Waals surface area contributed by atoms with Crippen LogP contribution >= 0.6 is 0 Å². The molecule has 0 spiro atoms. The van der Waals surface area contributed by atoms with Gasteiger partial charge >= 0.3 is 0 Å². The molecule has 34 heavy (non-hydrogen) atoms. The van der Waals surface area contributed by atoms with Crippen LogP contribution in [-0.2, 0) is 14.8 Å². The number of hydrazone groups is 1. The summed E-state index contributed by atoms with van der Waals surface area (Å²) in [6.45, 7) is 5.07. The second-order valence-corrected chi connectivity index (χ2v) is 10.5. The third kappa shape index (κ3) is 5.87. The molecule has 10 heteroatoms. The van der Waals surface area contributed by atoms with E-state index in [2.05, 4.69) is 10.5 Å². The molecule has 0 aromatic heterocycles. The minimum Gasteiger partial charge on any atom is -0.272 e. The molecule has 1 saturated carbocycles. The summed E-state index contributed by atoms with van der Waals surface area (Å²) >= 11 is 0. The van der Waals surface area contributed by atoms with Crippen molar-refractivity contribution in [3.63, 3.8) is 0 Å². The molecule has 2 aromatic carbocycles. The number of benzene rings is 2. The first-order valence-corrected chi connectivity index (χ1v) is 12.7. The van der Waals surface area contributed by atoms with Crippen LogP contribution in [0.1, 0.15) is 54.4 Å². The van der Waals surface area contributed by atoms with Crippen molar-refractivity contribution in [1.82, 2.24) is 9.73 Å². The topological polar surface area (TPSA) is 122 Å². The number of carbonyl (C=O) groups excluding carboxylic acids is 1. The van der Waals surface area contributed by atoms with Crippen molar-refractivity contribution in [2.75, 3.05) is 6.54 Å². The van der Waals surface area contributed by atoms with Crippen LogP contribution in [0, 0.1) is 30.9 Å². The summed E-state index contributed by atoms with van der Waals surface area (Å²) in [7, 11) is -3.94. The van der Waals surface area contributed by atoms with Gasteiger partial charge in [-0.1, -0.05) is 49.1 Å². The fourth-order valence-electron chi connectivity index (χ4n) is 4.58. The molecule has 182 valence electrons. The molecule has 3 rings (SSSR count). The Bertz CT molecular complexity index is 1180. The number of carbonyl (C=O) groups is 1. The lowest BCUT2D eigenvalue weighted by molar-refractivity contribution is -0.385. The van der Waals surface area contributed by atoms with Gasteiger partial charge in [0.15, 0.2) is 0 Å². The first-order valence-electron chi connectivity index (χ1n) is 11.3. The van der Waals surface area contributed by atoms with Gasteiger partial charge in [-0.25, -0.2) is 13.8 Å². The van der Waals surface area contributed by atoms with Crippen LogP contribution in [0.3, 0.4) is 0 Å². The normalized spacial score (nSPS) is 15.1. The van der Waals surface area contributed by atoms with Gasteiger partial charge in [0.05, 0.1) is 28.1 Å². The highest BCUT2D eigenvalue weighted by Crippen LogP contribution is 2.31. The van der Waals surface area contributed by atoms with E-state index in [4.69, 9.17) is 0 Å². The number of rotatable bonds is 8. The summed E-state index contributed by atoms with van der Waals surface area (Å²) in [5.74, 6) is -0.605. The van der Waals surface area contributed by atoms with E-state index in [9.17, 15) is 23.3 Å². The number of aryl methyl sites for hydroxylation is 3. The van der Waals surface area contributed by atoms with E-state index >= 15 is 0 Å². The fraction of sp³-hybridized carbons (Fsp3) is 0.417. The van der Waals surface area contributed by atoms with E-state index in [0.717, 1.165) is 24.8 Å². The molecule has 0 unspecified atom stereocenters. The zero-order valence-electron chi connectivity index (χ0n) is 19.7. The minimum atomic E-state index is -3.94. The maximum Gasteiger partial charge on any atom is 0.278 e. The average molecular weight is 487 g/mol. The lowest BCUT2D eigenvalue weighted by Crippen LogP contribution is -2.46. The Balaban J connectivity index is 1.85. The van der Waals surface area contributed by atoms with E-state index in [0.29, 0.717) is 24.0 Å². The summed E-state index contributed by atoms with van der Waals surface area (Å²) in [6, 6.07) is 9.40. The number of nitro groups is 1. The zero-order chi connectivity index (χ0) is 24.9. The number of nitrogens with one attached hydrogen (secondary N) is 1. The van der Waals surface area contributed by atoms with Crippen molar-refractivity contribution in [3.05, 3.63) is 68.8 Å². The van der Waals surface area contributed by atoms with Crippen molar-refractivity contribution >= 4 is 27.8 Å². The van der Waals surface area contributed by atoms with Gasteiger partial charge in [0.1, 0.15) is 0 Å². The number of hydrogen-bond acceptors (Lipinski definition) is 6. The molecule has 0 atom stereocenters. The molecule has 0 saturated heterocycles. The van der Waals surface area contributed by atoms with Crippen LogP contribution in [-0.4, -0.2) is 42.4 Å². The van der Waals surface area contributed by atoms with E-state index < -0.39 is 20.9 Å². The van der Waals surface area contributed by atoms with E-state index in [1.165, 1.54) is 28.7 Å². The van der Waals surface area contributed by atoms with Crippen molar-refractivity contribution in [3.8, 4) is 0 Å². The molecule has 1 aliphatic rings. The van der Waals surface area contributed by atoms with Crippen molar-refractivity contribution in [2.45, 2.75) is 63.8 Å². The van der Waals surface area contributed by atoms with Gasteiger partial charge < -0.3 is 0 Å². The Morgan fingerprint density at radius 2 is 1.76 bits per heavy atom. The van der Waals surface area contributed by atoms with Crippen LogP contribution < -0.4 is 5.43 Å². The van der Waals surface area contributed by atoms with Gasteiger partial charge in [0, 0.05) is 12.1 Å². The molecule has 1 amide bonds. The number of para-hydroxylation sites is 1. The van der Waals surface area contributed by atoms with Gasteiger partial charge in [-0.2, -0.15) is 9.41 Å². The summed E-state index contributed by atoms with van der Waals surface area (Å²) < 4.78 is 28.8. The zero-order valence-corrected chi connectivity index (χ0v) is 20.5. The molecule has 0 aliphatic heterocycles. The monoisotopic (exact) mass is 486 g/mol. The predicted octanol–water partition coefficient (Wildman–Crippen LogP) is 3.99. The second kappa shape index (κ2) is 10.9. The molecule has 9 nitrogen and oxygen atoms in total. The molecule has 1 N–H and O–H groups in total. The largest absolute Gasteiger partial charge is 0.278 e. The Kier molecular flexibility index (Phi) is 8.16. The lowest BCUT2D eigenvalue weighted by atomic mass is 9.95. The number of hydrogen-bond donors (Lipinski definition) is 1. The number of amides is 1. The van der Waals surface area contributed by atoms with Crippen molar-refractivity contribution in [1.29, 1.82) is 0 Å². The minimum absolute atomic E-state index is 0.141. The Morgan fingerprint density at radius 3 is 2.38 bits per heavy atom. The highest BCUT2D eigenvalue weighted by molar-refractivity contribution is 7.89.